The molecule has 2 aromatic rings. The Morgan fingerprint density at radius 1 is 1.48 bits per heavy atom. The second kappa shape index (κ2) is 5.99. The van der Waals surface area contributed by atoms with Gasteiger partial charge in [-0.25, -0.2) is 0 Å². The molecule has 1 saturated carbocycles. The molecule has 2 aromatic heterocycles. The minimum absolute atomic E-state index is 0.0225. The molecule has 1 fully saturated rings. The number of aliphatic hydroxyl groups is 1. The van der Waals surface area contributed by atoms with Crippen molar-refractivity contribution in [3.8, 4) is 0 Å². The molecule has 1 amide bonds. The normalized spacial score (nSPS) is 15.7. The first kappa shape index (κ1) is 14.3. The maximum Gasteiger partial charge on any atom is 0.266 e. The molecule has 6 heteroatoms. The predicted octanol–water partition coefficient (Wildman–Crippen LogP) is 2.26. The Morgan fingerprint density at radius 2 is 2.24 bits per heavy atom. The van der Waals surface area contributed by atoms with E-state index in [1.165, 1.54) is 11.3 Å². The van der Waals surface area contributed by atoms with Crippen molar-refractivity contribution in [2.24, 2.45) is 0 Å². The first-order valence-electron chi connectivity index (χ1n) is 7.27. The van der Waals surface area contributed by atoms with Crippen LogP contribution in [0.5, 0.6) is 0 Å². The Hall–Kier alpha value is -1.66. The van der Waals surface area contributed by atoms with Crippen molar-refractivity contribution < 1.29 is 9.90 Å². The van der Waals surface area contributed by atoms with Gasteiger partial charge in [-0.05, 0) is 25.0 Å². The van der Waals surface area contributed by atoms with Gasteiger partial charge in [-0.15, -0.1) is 11.3 Å². The van der Waals surface area contributed by atoms with Gasteiger partial charge in [-0.2, -0.15) is 0 Å². The third-order valence-electron chi connectivity index (χ3n) is 4.04. The van der Waals surface area contributed by atoms with Crippen LogP contribution in [0.4, 0.5) is 5.69 Å². The van der Waals surface area contributed by atoms with Crippen molar-refractivity contribution in [2.45, 2.75) is 31.7 Å². The standard InChI is InChI=1S/C15H19N3O2S/c16-12-13-11(6-3-7-17-13)21-14(12)15(20)18(8-9-19)10-4-1-2-5-10/h3,6-7,10,19H,1-2,4-5,8-9,16H2. The van der Waals surface area contributed by atoms with E-state index >= 15 is 0 Å². The molecule has 21 heavy (non-hydrogen) atoms. The van der Waals surface area contributed by atoms with E-state index in [2.05, 4.69) is 4.98 Å². The van der Waals surface area contributed by atoms with Gasteiger partial charge in [0.2, 0.25) is 0 Å². The molecule has 0 spiro atoms. The summed E-state index contributed by atoms with van der Waals surface area (Å²) in [7, 11) is 0. The lowest BCUT2D eigenvalue weighted by Gasteiger charge is -2.28. The third-order valence-corrected chi connectivity index (χ3v) is 5.19. The summed E-state index contributed by atoms with van der Waals surface area (Å²) in [5.41, 5.74) is 7.27. The molecule has 5 nitrogen and oxygen atoms in total. The fraction of sp³-hybridized carbons (Fsp3) is 0.467. The minimum Gasteiger partial charge on any atom is -0.396 e. The minimum atomic E-state index is -0.0727. The molecule has 3 N–H and O–H groups in total. The number of hydrogen-bond donors (Lipinski definition) is 2. The molecule has 2 heterocycles. The van der Waals surface area contributed by atoms with Gasteiger partial charge in [-0.1, -0.05) is 12.8 Å². The molecule has 112 valence electrons. The van der Waals surface area contributed by atoms with E-state index in [0.29, 0.717) is 22.6 Å². The van der Waals surface area contributed by atoms with Crippen LogP contribution in [0.2, 0.25) is 0 Å². The lowest BCUT2D eigenvalue weighted by molar-refractivity contribution is 0.0644. The molecule has 0 bridgehead atoms. The number of nitrogens with two attached hydrogens (primary N) is 1. The predicted molar refractivity (Wildman–Crippen MR) is 84.4 cm³/mol. The number of nitrogens with zero attached hydrogens (tertiary/aromatic N) is 2. The number of carbonyl (C=O) groups is 1. The van der Waals surface area contributed by atoms with Crippen LogP contribution >= 0.6 is 11.3 Å². The van der Waals surface area contributed by atoms with Crippen molar-refractivity contribution in [3.63, 3.8) is 0 Å². The van der Waals surface area contributed by atoms with Crippen LogP contribution in [0.3, 0.4) is 0 Å². The second-order valence-corrected chi connectivity index (χ2v) is 6.41. The molecule has 3 rings (SSSR count). The van der Waals surface area contributed by atoms with Crippen molar-refractivity contribution in [1.29, 1.82) is 0 Å². The average molecular weight is 305 g/mol. The van der Waals surface area contributed by atoms with Gasteiger partial charge in [0.25, 0.3) is 5.91 Å². The zero-order valence-electron chi connectivity index (χ0n) is 11.8. The number of hydrogen-bond acceptors (Lipinski definition) is 5. The lowest BCUT2D eigenvalue weighted by Crippen LogP contribution is -2.40. The highest BCUT2D eigenvalue weighted by molar-refractivity contribution is 7.21. The largest absolute Gasteiger partial charge is 0.396 e. The van der Waals surface area contributed by atoms with Gasteiger partial charge >= 0.3 is 0 Å². The Kier molecular flexibility index (Phi) is 4.07. The number of aliphatic hydroxyl groups excluding tert-OH is 1. The zero-order valence-corrected chi connectivity index (χ0v) is 12.6. The summed E-state index contributed by atoms with van der Waals surface area (Å²) >= 11 is 1.38. The van der Waals surface area contributed by atoms with E-state index in [1.54, 1.807) is 11.1 Å². The lowest BCUT2D eigenvalue weighted by atomic mass is 10.2. The fourth-order valence-electron chi connectivity index (χ4n) is 3.01. The quantitative estimate of drug-likeness (QED) is 0.908. The van der Waals surface area contributed by atoms with Gasteiger partial charge in [-0.3, -0.25) is 9.78 Å². The molecule has 0 saturated heterocycles. The number of rotatable bonds is 4. The maximum absolute atomic E-state index is 12.8. The summed E-state index contributed by atoms with van der Waals surface area (Å²) in [6.45, 7) is 0.343. The molecular weight excluding hydrogens is 286 g/mol. The van der Waals surface area contributed by atoms with E-state index in [9.17, 15) is 9.90 Å². The highest BCUT2D eigenvalue weighted by Crippen LogP contribution is 2.34. The number of anilines is 1. The molecule has 1 aliphatic rings. The van der Waals surface area contributed by atoms with Crippen LogP contribution in [0.25, 0.3) is 10.2 Å². The van der Waals surface area contributed by atoms with E-state index in [-0.39, 0.29) is 18.6 Å². The average Bonchev–Trinajstić information content (AvgIpc) is 3.13. The second-order valence-electron chi connectivity index (χ2n) is 5.36. The smallest absolute Gasteiger partial charge is 0.266 e. The van der Waals surface area contributed by atoms with E-state index in [0.717, 1.165) is 30.4 Å². The summed E-state index contributed by atoms with van der Waals surface area (Å²) in [6, 6.07) is 3.99. The van der Waals surface area contributed by atoms with Crippen LogP contribution in [0.15, 0.2) is 18.3 Å². The Morgan fingerprint density at radius 3 is 2.90 bits per heavy atom. The zero-order chi connectivity index (χ0) is 14.8. The summed E-state index contributed by atoms with van der Waals surface area (Å²) in [6.07, 6.45) is 5.98. The van der Waals surface area contributed by atoms with E-state index < -0.39 is 0 Å². The number of carbonyl (C=O) groups excluding carboxylic acids is 1. The number of nitrogen functional groups attached to an aromatic ring is 1. The van der Waals surface area contributed by atoms with Gasteiger partial charge < -0.3 is 15.7 Å². The number of thiophene rings is 1. The van der Waals surface area contributed by atoms with Gasteiger partial charge in [0.05, 0.1) is 17.0 Å². The van der Waals surface area contributed by atoms with Crippen LogP contribution in [-0.2, 0) is 0 Å². The maximum atomic E-state index is 12.8. The van der Waals surface area contributed by atoms with Crippen LogP contribution in [0.1, 0.15) is 35.4 Å². The SMILES string of the molecule is Nc1c(C(=O)N(CCO)C2CCCC2)sc2cccnc12. The number of pyridine rings is 1. The fourth-order valence-corrected chi connectivity index (χ4v) is 4.05. The van der Waals surface area contributed by atoms with Gasteiger partial charge in [0.15, 0.2) is 0 Å². The Labute approximate surface area is 127 Å². The Bertz CT molecular complexity index is 649. The first-order chi connectivity index (χ1) is 10.2. The van der Waals surface area contributed by atoms with Crippen LogP contribution in [-0.4, -0.2) is 40.1 Å². The van der Waals surface area contributed by atoms with Crippen molar-refractivity contribution in [3.05, 3.63) is 23.2 Å². The highest BCUT2D eigenvalue weighted by Gasteiger charge is 2.29. The van der Waals surface area contributed by atoms with Crippen molar-refractivity contribution >= 4 is 33.1 Å². The summed E-state index contributed by atoms with van der Waals surface area (Å²) in [4.78, 5) is 19.4. The number of amides is 1. The monoisotopic (exact) mass is 305 g/mol. The molecule has 0 aromatic carbocycles. The van der Waals surface area contributed by atoms with Gasteiger partial charge in [0, 0.05) is 18.8 Å². The molecule has 0 atom stereocenters. The van der Waals surface area contributed by atoms with Crippen molar-refractivity contribution in [2.75, 3.05) is 18.9 Å². The molecule has 0 unspecified atom stereocenters. The van der Waals surface area contributed by atoms with E-state index in [1.807, 2.05) is 12.1 Å². The third kappa shape index (κ3) is 2.61. The highest BCUT2D eigenvalue weighted by atomic mass is 32.1. The molecule has 1 aliphatic carbocycles. The van der Waals surface area contributed by atoms with E-state index in [4.69, 9.17) is 5.73 Å². The summed E-state index contributed by atoms with van der Waals surface area (Å²) in [5.74, 6) is -0.0727. The van der Waals surface area contributed by atoms with Crippen LogP contribution < -0.4 is 5.73 Å². The first-order valence-corrected chi connectivity index (χ1v) is 8.09. The molecular formula is C15H19N3O2S. The Balaban J connectivity index is 1.95. The number of fused-ring (bicyclic) bond motifs is 1. The number of aromatic nitrogens is 1. The molecule has 0 radical (unpaired) electrons. The van der Waals surface area contributed by atoms with Crippen LogP contribution in [0, 0.1) is 0 Å². The van der Waals surface area contributed by atoms with Crippen molar-refractivity contribution in [1.82, 2.24) is 9.88 Å². The summed E-state index contributed by atoms with van der Waals surface area (Å²) < 4.78 is 0.925. The van der Waals surface area contributed by atoms with Gasteiger partial charge in [0.1, 0.15) is 10.4 Å². The topological polar surface area (TPSA) is 79.5 Å². The molecule has 0 aliphatic heterocycles. The summed E-state index contributed by atoms with van der Waals surface area (Å²) in [5, 5.41) is 9.27.